The Balaban J connectivity index is 1.74. The zero-order valence-electron chi connectivity index (χ0n) is 10.1. The first-order valence-electron chi connectivity index (χ1n) is 6.42. The first kappa shape index (κ1) is 11.7. The van der Waals surface area contributed by atoms with Gasteiger partial charge in [-0.2, -0.15) is 0 Å². The van der Waals surface area contributed by atoms with E-state index in [1.807, 2.05) is 0 Å². The second-order valence-electron chi connectivity index (χ2n) is 5.13. The van der Waals surface area contributed by atoms with Gasteiger partial charge in [0.1, 0.15) is 6.10 Å². The van der Waals surface area contributed by atoms with Crippen molar-refractivity contribution in [2.75, 3.05) is 0 Å². The largest absolute Gasteiger partial charge is 0.487 e. The SMILES string of the molecule is O=Cc1cccc(OC2C[C@H]3CC[C@@H](C2)N3)c1F. The second kappa shape index (κ2) is 4.69. The minimum Gasteiger partial charge on any atom is -0.487 e. The van der Waals surface area contributed by atoms with Gasteiger partial charge in [-0.05, 0) is 37.8 Å². The summed E-state index contributed by atoms with van der Waals surface area (Å²) in [5, 5.41) is 3.51. The number of benzene rings is 1. The Bertz CT molecular complexity index is 451. The van der Waals surface area contributed by atoms with Crippen LogP contribution in [0.15, 0.2) is 18.2 Å². The lowest BCUT2D eigenvalue weighted by Crippen LogP contribution is -2.42. The van der Waals surface area contributed by atoms with Crippen molar-refractivity contribution in [3.05, 3.63) is 29.6 Å². The molecule has 96 valence electrons. The minimum absolute atomic E-state index is 0.0557. The number of carbonyl (C=O) groups is 1. The summed E-state index contributed by atoms with van der Waals surface area (Å²) in [6.07, 6.45) is 4.78. The van der Waals surface area contributed by atoms with E-state index >= 15 is 0 Å². The van der Waals surface area contributed by atoms with Crippen LogP contribution in [-0.2, 0) is 0 Å². The van der Waals surface area contributed by atoms with Crippen LogP contribution in [-0.4, -0.2) is 24.5 Å². The molecular formula is C14H16FNO2. The number of fused-ring (bicyclic) bond motifs is 2. The van der Waals surface area contributed by atoms with E-state index < -0.39 is 5.82 Å². The molecule has 1 unspecified atom stereocenters. The molecule has 0 amide bonds. The summed E-state index contributed by atoms with van der Waals surface area (Å²) in [7, 11) is 0. The number of hydrogen-bond donors (Lipinski definition) is 1. The maximum Gasteiger partial charge on any atom is 0.175 e. The van der Waals surface area contributed by atoms with Crippen LogP contribution in [0.2, 0.25) is 0 Å². The Labute approximate surface area is 105 Å². The predicted molar refractivity (Wildman–Crippen MR) is 65.4 cm³/mol. The molecule has 0 spiro atoms. The molecule has 3 rings (SSSR count). The van der Waals surface area contributed by atoms with Crippen LogP contribution < -0.4 is 10.1 Å². The van der Waals surface area contributed by atoms with Crippen molar-refractivity contribution >= 4 is 6.29 Å². The predicted octanol–water partition coefficient (Wildman–Crippen LogP) is 2.30. The summed E-state index contributed by atoms with van der Waals surface area (Å²) in [5.41, 5.74) is 0.0596. The summed E-state index contributed by atoms with van der Waals surface area (Å²) >= 11 is 0. The molecule has 1 N–H and O–H groups in total. The molecule has 2 aliphatic heterocycles. The Kier molecular flexibility index (Phi) is 3.04. The number of nitrogens with one attached hydrogen (secondary N) is 1. The van der Waals surface area contributed by atoms with Crippen LogP contribution in [0, 0.1) is 5.82 Å². The first-order chi connectivity index (χ1) is 8.76. The fourth-order valence-electron chi connectivity index (χ4n) is 2.99. The van der Waals surface area contributed by atoms with E-state index in [1.165, 1.54) is 18.9 Å². The van der Waals surface area contributed by atoms with Crippen molar-refractivity contribution < 1.29 is 13.9 Å². The van der Waals surface area contributed by atoms with Gasteiger partial charge in [-0.1, -0.05) is 6.07 Å². The third-order valence-corrected chi connectivity index (χ3v) is 3.84. The van der Waals surface area contributed by atoms with Gasteiger partial charge in [-0.15, -0.1) is 0 Å². The molecule has 1 aromatic rings. The van der Waals surface area contributed by atoms with E-state index in [2.05, 4.69) is 5.32 Å². The molecule has 0 aromatic heterocycles. The average molecular weight is 249 g/mol. The van der Waals surface area contributed by atoms with Crippen molar-refractivity contribution in [3.63, 3.8) is 0 Å². The van der Waals surface area contributed by atoms with E-state index in [0.717, 1.165) is 12.8 Å². The molecule has 4 heteroatoms. The van der Waals surface area contributed by atoms with Crippen molar-refractivity contribution in [1.82, 2.24) is 5.32 Å². The molecule has 3 atom stereocenters. The van der Waals surface area contributed by atoms with Gasteiger partial charge < -0.3 is 10.1 Å². The Hall–Kier alpha value is -1.42. The van der Waals surface area contributed by atoms with Crippen LogP contribution in [0.4, 0.5) is 4.39 Å². The van der Waals surface area contributed by atoms with Crippen molar-refractivity contribution in [1.29, 1.82) is 0 Å². The maximum absolute atomic E-state index is 13.9. The fraction of sp³-hybridized carbons (Fsp3) is 0.500. The molecule has 0 saturated carbocycles. The topological polar surface area (TPSA) is 38.3 Å². The lowest BCUT2D eigenvalue weighted by molar-refractivity contribution is 0.111. The molecule has 2 fully saturated rings. The van der Waals surface area contributed by atoms with Gasteiger partial charge in [-0.3, -0.25) is 4.79 Å². The summed E-state index contributed by atoms with van der Waals surface area (Å²) in [5.74, 6) is -0.343. The molecule has 18 heavy (non-hydrogen) atoms. The third kappa shape index (κ3) is 2.12. The zero-order valence-corrected chi connectivity index (χ0v) is 10.1. The summed E-state index contributed by atoms with van der Waals surface area (Å²) in [4.78, 5) is 10.7. The highest BCUT2D eigenvalue weighted by atomic mass is 19.1. The average Bonchev–Trinajstić information content (AvgIpc) is 2.71. The Morgan fingerprint density at radius 1 is 1.28 bits per heavy atom. The highest BCUT2D eigenvalue weighted by Crippen LogP contribution is 2.30. The van der Waals surface area contributed by atoms with E-state index in [-0.39, 0.29) is 17.4 Å². The van der Waals surface area contributed by atoms with Crippen LogP contribution in [0.3, 0.4) is 0 Å². The Morgan fingerprint density at radius 3 is 2.67 bits per heavy atom. The number of ether oxygens (including phenoxy) is 1. The lowest BCUT2D eigenvalue weighted by Gasteiger charge is -2.29. The molecule has 2 aliphatic rings. The smallest absolute Gasteiger partial charge is 0.175 e. The monoisotopic (exact) mass is 249 g/mol. The summed E-state index contributed by atoms with van der Waals surface area (Å²) < 4.78 is 19.6. The van der Waals surface area contributed by atoms with E-state index in [0.29, 0.717) is 18.4 Å². The normalized spacial score (nSPS) is 30.2. The van der Waals surface area contributed by atoms with Gasteiger partial charge >= 0.3 is 0 Å². The van der Waals surface area contributed by atoms with Gasteiger partial charge in [0.2, 0.25) is 0 Å². The van der Waals surface area contributed by atoms with Crippen LogP contribution in [0.5, 0.6) is 5.75 Å². The number of hydrogen-bond acceptors (Lipinski definition) is 3. The quantitative estimate of drug-likeness (QED) is 0.835. The molecule has 0 aliphatic carbocycles. The number of carbonyl (C=O) groups excluding carboxylic acids is 1. The molecule has 1 aromatic carbocycles. The molecule has 0 radical (unpaired) electrons. The van der Waals surface area contributed by atoms with Gasteiger partial charge in [-0.25, -0.2) is 4.39 Å². The Morgan fingerprint density at radius 2 is 2.00 bits per heavy atom. The van der Waals surface area contributed by atoms with Crippen LogP contribution in [0.1, 0.15) is 36.0 Å². The molecule has 2 saturated heterocycles. The number of piperidine rings is 1. The van der Waals surface area contributed by atoms with Crippen molar-refractivity contribution in [3.8, 4) is 5.75 Å². The van der Waals surface area contributed by atoms with E-state index in [4.69, 9.17) is 4.74 Å². The minimum atomic E-state index is -0.543. The van der Waals surface area contributed by atoms with E-state index in [9.17, 15) is 9.18 Å². The van der Waals surface area contributed by atoms with Crippen LogP contribution >= 0.6 is 0 Å². The number of halogens is 1. The van der Waals surface area contributed by atoms with Crippen LogP contribution in [0.25, 0.3) is 0 Å². The highest BCUT2D eigenvalue weighted by molar-refractivity contribution is 5.76. The lowest BCUT2D eigenvalue weighted by atomic mass is 10.0. The standard InChI is InChI=1S/C14H16FNO2/c15-14-9(8-17)2-1-3-13(14)18-12-6-10-4-5-11(7-12)16-10/h1-3,8,10-12,16H,4-7H2/t10-,11+,12?. The number of aldehydes is 1. The maximum atomic E-state index is 13.9. The second-order valence-corrected chi connectivity index (χ2v) is 5.13. The zero-order chi connectivity index (χ0) is 12.5. The van der Waals surface area contributed by atoms with Crippen molar-refractivity contribution in [2.45, 2.75) is 43.9 Å². The molecule has 2 heterocycles. The molecule has 2 bridgehead atoms. The highest BCUT2D eigenvalue weighted by Gasteiger charge is 2.34. The number of rotatable bonds is 3. The first-order valence-corrected chi connectivity index (χ1v) is 6.42. The fourth-order valence-corrected chi connectivity index (χ4v) is 2.99. The summed E-state index contributed by atoms with van der Waals surface area (Å²) in [6.45, 7) is 0. The van der Waals surface area contributed by atoms with Gasteiger partial charge in [0.15, 0.2) is 17.9 Å². The van der Waals surface area contributed by atoms with Gasteiger partial charge in [0, 0.05) is 12.1 Å². The molecule has 3 nitrogen and oxygen atoms in total. The van der Waals surface area contributed by atoms with Crippen molar-refractivity contribution in [2.24, 2.45) is 0 Å². The van der Waals surface area contributed by atoms with Gasteiger partial charge in [0.25, 0.3) is 0 Å². The summed E-state index contributed by atoms with van der Waals surface area (Å²) in [6, 6.07) is 5.71. The molecular weight excluding hydrogens is 233 g/mol. The van der Waals surface area contributed by atoms with Gasteiger partial charge in [0.05, 0.1) is 5.56 Å². The van der Waals surface area contributed by atoms with E-state index in [1.54, 1.807) is 12.1 Å². The third-order valence-electron chi connectivity index (χ3n) is 3.84.